The van der Waals surface area contributed by atoms with Crippen molar-refractivity contribution >= 4 is 21.7 Å². The molecular formula is C6H6BrFN2. The number of anilines is 1. The standard InChI is InChI=1S/C6H6BrFN2/c1-3-4(7)2-10-6(9)5(3)8/h2H,1H3,(H2,9,10). The van der Waals surface area contributed by atoms with E-state index < -0.39 is 5.82 Å². The van der Waals surface area contributed by atoms with E-state index in [0.29, 0.717) is 10.0 Å². The van der Waals surface area contributed by atoms with Crippen LogP contribution in [0.2, 0.25) is 0 Å². The van der Waals surface area contributed by atoms with E-state index in [1.54, 1.807) is 6.92 Å². The Kier molecular flexibility index (Phi) is 1.89. The summed E-state index contributed by atoms with van der Waals surface area (Å²) in [5.41, 5.74) is 5.68. The molecule has 0 saturated carbocycles. The SMILES string of the molecule is Cc1c(Br)cnc(N)c1F. The summed E-state index contributed by atoms with van der Waals surface area (Å²) in [7, 11) is 0. The zero-order valence-corrected chi connectivity index (χ0v) is 6.94. The van der Waals surface area contributed by atoms with Gasteiger partial charge in [-0.15, -0.1) is 0 Å². The molecular weight excluding hydrogens is 199 g/mol. The number of nitrogen functional groups attached to an aromatic ring is 1. The topological polar surface area (TPSA) is 38.9 Å². The maximum absolute atomic E-state index is 12.8. The summed E-state index contributed by atoms with van der Waals surface area (Å²) in [6.07, 6.45) is 1.48. The van der Waals surface area contributed by atoms with Crippen molar-refractivity contribution in [3.05, 3.63) is 22.1 Å². The average molecular weight is 205 g/mol. The van der Waals surface area contributed by atoms with Gasteiger partial charge in [0.25, 0.3) is 0 Å². The van der Waals surface area contributed by atoms with Crippen LogP contribution in [-0.4, -0.2) is 4.98 Å². The highest BCUT2D eigenvalue weighted by molar-refractivity contribution is 9.10. The predicted molar refractivity (Wildman–Crippen MR) is 41.0 cm³/mol. The number of rotatable bonds is 0. The molecule has 0 aliphatic rings. The molecule has 4 heteroatoms. The van der Waals surface area contributed by atoms with Gasteiger partial charge in [-0.05, 0) is 22.9 Å². The summed E-state index contributed by atoms with van der Waals surface area (Å²) < 4.78 is 13.4. The Morgan fingerprint density at radius 1 is 1.70 bits per heavy atom. The van der Waals surface area contributed by atoms with Gasteiger partial charge in [-0.2, -0.15) is 0 Å². The van der Waals surface area contributed by atoms with E-state index in [1.165, 1.54) is 6.20 Å². The largest absolute Gasteiger partial charge is 0.381 e. The highest BCUT2D eigenvalue weighted by Crippen LogP contribution is 2.20. The number of nitrogens with two attached hydrogens (primary N) is 1. The molecule has 0 bridgehead atoms. The fraction of sp³-hybridized carbons (Fsp3) is 0.167. The second-order valence-electron chi connectivity index (χ2n) is 1.93. The normalized spacial score (nSPS) is 9.90. The van der Waals surface area contributed by atoms with E-state index in [1.807, 2.05) is 0 Å². The fourth-order valence-corrected chi connectivity index (χ4v) is 0.853. The third-order valence-corrected chi connectivity index (χ3v) is 2.03. The first-order chi connectivity index (χ1) is 4.63. The molecule has 1 aromatic heterocycles. The molecule has 2 N–H and O–H groups in total. The van der Waals surface area contributed by atoms with Crippen LogP contribution in [-0.2, 0) is 0 Å². The number of hydrogen-bond acceptors (Lipinski definition) is 2. The predicted octanol–water partition coefficient (Wildman–Crippen LogP) is 1.87. The van der Waals surface area contributed by atoms with Gasteiger partial charge in [-0.1, -0.05) is 0 Å². The minimum Gasteiger partial charge on any atom is -0.381 e. The first-order valence-corrected chi connectivity index (χ1v) is 3.48. The van der Waals surface area contributed by atoms with Crippen molar-refractivity contribution in [2.24, 2.45) is 0 Å². The number of halogens is 2. The summed E-state index contributed by atoms with van der Waals surface area (Å²) >= 11 is 3.12. The van der Waals surface area contributed by atoms with Crippen LogP contribution in [0.4, 0.5) is 10.2 Å². The van der Waals surface area contributed by atoms with Gasteiger partial charge in [0.15, 0.2) is 11.6 Å². The molecule has 0 fully saturated rings. The Morgan fingerprint density at radius 3 is 2.80 bits per heavy atom. The maximum Gasteiger partial charge on any atom is 0.169 e. The van der Waals surface area contributed by atoms with Crippen molar-refractivity contribution in [2.75, 3.05) is 5.73 Å². The number of pyridine rings is 1. The summed E-state index contributed by atoms with van der Waals surface area (Å²) in [4.78, 5) is 3.59. The molecule has 0 aliphatic carbocycles. The van der Waals surface area contributed by atoms with Gasteiger partial charge >= 0.3 is 0 Å². The smallest absolute Gasteiger partial charge is 0.169 e. The van der Waals surface area contributed by atoms with Gasteiger partial charge in [0.2, 0.25) is 0 Å². The van der Waals surface area contributed by atoms with E-state index in [9.17, 15) is 4.39 Å². The number of hydrogen-bond donors (Lipinski definition) is 1. The van der Waals surface area contributed by atoms with Crippen LogP contribution >= 0.6 is 15.9 Å². The quantitative estimate of drug-likeness (QED) is 0.702. The van der Waals surface area contributed by atoms with Crippen molar-refractivity contribution in [2.45, 2.75) is 6.92 Å². The minimum atomic E-state index is -0.450. The summed E-state index contributed by atoms with van der Waals surface area (Å²) in [6.45, 7) is 1.64. The minimum absolute atomic E-state index is 0.0549. The van der Waals surface area contributed by atoms with Crippen LogP contribution in [0, 0.1) is 12.7 Å². The van der Waals surface area contributed by atoms with E-state index >= 15 is 0 Å². The highest BCUT2D eigenvalue weighted by Gasteiger charge is 2.05. The Morgan fingerprint density at radius 2 is 2.30 bits per heavy atom. The Bertz CT molecular complexity index is 235. The third kappa shape index (κ3) is 1.11. The van der Waals surface area contributed by atoms with Gasteiger partial charge < -0.3 is 5.73 Å². The molecule has 1 aromatic rings. The first-order valence-electron chi connectivity index (χ1n) is 2.69. The molecule has 0 amide bonds. The summed E-state index contributed by atoms with van der Waals surface area (Å²) in [5, 5.41) is 0. The van der Waals surface area contributed by atoms with E-state index in [2.05, 4.69) is 20.9 Å². The van der Waals surface area contributed by atoms with Crippen molar-refractivity contribution < 1.29 is 4.39 Å². The van der Waals surface area contributed by atoms with Gasteiger partial charge in [0.05, 0.1) is 0 Å². The van der Waals surface area contributed by atoms with E-state index in [-0.39, 0.29) is 5.82 Å². The monoisotopic (exact) mass is 204 g/mol. The Balaban J connectivity index is 3.34. The van der Waals surface area contributed by atoms with E-state index in [0.717, 1.165) is 0 Å². The van der Waals surface area contributed by atoms with Gasteiger partial charge in [0.1, 0.15) is 0 Å². The summed E-state index contributed by atoms with van der Waals surface area (Å²) in [6, 6.07) is 0. The lowest BCUT2D eigenvalue weighted by molar-refractivity contribution is 0.616. The molecule has 1 rings (SSSR count). The van der Waals surface area contributed by atoms with Crippen molar-refractivity contribution in [1.82, 2.24) is 4.98 Å². The molecule has 10 heavy (non-hydrogen) atoms. The van der Waals surface area contributed by atoms with Crippen molar-refractivity contribution in [1.29, 1.82) is 0 Å². The molecule has 0 atom stereocenters. The second kappa shape index (κ2) is 2.54. The zero-order chi connectivity index (χ0) is 7.72. The van der Waals surface area contributed by atoms with Crippen LogP contribution in [0.1, 0.15) is 5.56 Å². The second-order valence-corrected chi connectivity index (χ2v) is 2.78. The lowest BCUT2D eigenvalue weighted by Crippen LogP contribution is -1.97. The van der Waals surface area contributed by atoms with Crippen LogP contribution in [0.15, 0.2) is 10.7 Å². The van der Waals surface area contributed by atoms with Crippen LogP contribution in [0.3, 0.4) is 0 Å². The molecule has 0 aliphatic heterocycles. The lowest BCUT2D eigenvalue weighted by atomic mass is 10.3. The van der Waals surface area contributed by atoms with Crippen LogP contribution in [0.5, 0.6) is 0 Å². The third-order valence-electron chi connectivity index (χ3n) is 1.23. The molecule has 0 radical (unpaired) electrons. The Hall–Kier alpha value is -0.640. The van der Waals surface area contributed by atoms with Gasteiger partial charge in [-0.3, -0.25) is 0 Å². The highest BCUT2D eigenvalue weighted by atomic mass is 79.9. The Labute approximate surface area is 66.4 Å². The fourth-order valence-electron chi connectivity index (χ4n) is 0.577. The van der Waals surface area contributed by atoms with Gasteiger partial charge in [0, 0.05) is 16.2 Å². The maximum atomic E-state index is 12.8. The number of aromatic nitrogens is 1. The first kappa shape index (κ1) is 7.47. The molecule has 2 nitrogen and oxygen atoms in total. The molecule has 54 valence electrons. The lowest BCUT2D eigenvalue weighted by Gasteiger charge is -2.00. The van der Waals surface area contributed by atoms with E-state index in [4.69, 9.17) is 5.73 Å². The molecule has 0 spiro atoms. The van der Waals surface area contributed by atoms with Crippen LogP contribution < -0.4 is 5.73 Å². The number of nitrogens with zero attached hydrogens (tertiary/aromatic N) is 1. The van der Waals surface area contributed by atoms with Crippen LogP contribution in [0.25, 0.3) is 0 Å². The van der Waals surface area contributed by atoms with Crippen molar-refractivity contribution in [3.63, 3.8) is 0 Å². The molecule has 0 unspecified atom stereocenters. The molecule has 0 saturated heterocycles. The van der Waals surface area contributed by atoms with Gasteiger partial charge in [-0.25, -0.2) is 9.37 Å². The van der Waals surface area contributed by atoms with Crippen molar-refractivity contribution in [3.8, 4) is 0 Å². The molecule has 1 heterocycles. The summed E-state index contributed by atoms with van der Waals surface area (Å²) in [5.74, 6) is -0.505. The average Bonchev–Trinajstić information content (AvgIpc) is 1.93. The zero-order valence-electron chi connectivity index (χ0n) is 5.36. The molecule has 0 aromatic carbocycles.